The zero-order valence-corrected chi connectivity index (χ0v) is 15.0. The van der Waals surface area contributed by atoms with Gasteiger partial charge >= 0.3 is 0 Å². The minimum absolute atomic E-state index is 0.0899. The summed E-state index contributed by atoms with van der Waals surface area (Å²) in [6, 6.07) is 7.77. The monoisotopic (exact) mass is 377 g/mol. The molecule has 1 aromatic carbocycles. The number of carbonyl (C=O) groups is 1. The first-order chi connectivity index (χ1) is 9.05. The molecule has 0 saturated heterocycles. The van der Waals surface area contributed by atoms with Crippen molar-refractivity contribution in [2.24, 2.45) is 10.8 Å². The molecule has 2 rings (SSSR count). The average Bonchev–Trinajstić information content (AvgIpc) is 2.68. The van der Waals surface area contributed by atoms with Crippen molar-refractivity contribution in [1.82, 2.24) is 5.32 Å². The Bertz CT molecular complexity index is 525. The molecule has 0 spiro atoms. The molecule has 0 bridgehead atoms. The summed E-state index contributed by atoms with van der Waals surface area (Å²) < 4.78 is -0.0145. The molecule has 0 aromatic heterocycles. The van der Waals surface area contributed by atoms with Crippen molar-refractivity contribution in [3.63, 3.8) is 0 Å². The molecule has 20 heavy (non-hydrogen) atoms. The summed E-state index contributed by atoms with van der Waals surface area (Å²) in [6.45, 7) is 7.59. The highest BCUT2D eigenvalue weighted by Gasteiger charge is 2.83. The highest BCUT2D eigenvalue weighted by Crippen LogP contribution is 2.77. The molecular weight excluding hydrogens is 361 g/mol. The Labute approximate surface area is 138 Å². The lowest BCUT2D eigenvalue weighted by atomic mass is 9.96. The fourth-order valence-corrected chi connectivity index (χ4v) is 3.77. The predicted octanol–water partition coefficient (Wildman–Crippen LogP) is 4.85. The number of carbonyl (C=O) groups excluding carboxylic acids is 1. The molecule has 2 unspecified atom stereocenters. The van der Waals surface area contributed by atoms with Crippen molar-refractivity contribution < 1.29 is 4.79 Å². The Kier molecular flexibility index (Phi) is 3.94. The molecule has 1 aliphatic rings. The van der Waals surface area contributed by atoms with Crippen molar-refractivity contribution in [3.8, 4) is 0 Å². The van der Waals surface area contributed by atoms with Crippen molar-refractivity contribution in [3.05, 3.63) is 34.3 Å². The van der Waals surface area contributed by atoms with Gasteiger partial charge in [-0.25, -0.2) is 0 Å². The molecule has 1 saturated carbocycles. The van der Waals surface area contributed by atoms with Crippen LogP contribution in [0.1, 0.15) is 39.3 Å². The largest absolute Gasteiger partial charge is 0.349 e. The molecule has 2 nitrogen and oxygen atoms in total. The number of alkyl halides is 2. The van der Waals surface area contributed by atoms with Crippen LogP contribution in [0.3, 0.4) is 0 Å². The quantitative estimate of drug-likeness (QED) is 0.748. The molecule has 5 heteroatoms. The van der Waals surface area contributed by atoms with Gasteiger partial charge in [-0.2, -0.15) is 0 Å². The maximum absolute atomic E-state index is 12.5. The van der Waals surface area contributed by atoms with E-state index in [0.717, 1.165) is 10.0 Å². The van der Waals surface area contributed by atoms with Crippen LogP contribution >= 0.6 is 39.1 Å². The minimum Gasteiger partial charge on any atom is -0.349 e. The number of benzene rings is 1. The summed E-state index contributed by atoms with van der Waals surface area (Å²) in [6.07, 6.45) is 0. The molecule has 1 aliphatic carbocycles. The normalized spacial score (nSPS) is 27.8. The van der Waals surface area contributed by atoms with Crippen LogP contribution in [-0.2, 0) is 4.79 Å². The smallest absolute Gasteiger partial charge is 0.230 e. The van der Waals surface area contributed by atoms with E-state index >= 15 is 0 Å². The average molecular weight is 379 g/mol. The van der Waals surface area contributed by atoms with Gasteiger partial charge in [0.1, 0.15) is 4.33 Å². The molecule has 2 atom stereocenters. The second-order valence-corrected chi connectivity index (χ2v) is 8.31. The standard InChI is InChI=1S/C15H18BrCl2NO/c1-9(10-5-7-11(16)8-6-10)19-12(20)14(4)13(2,3)15(14,17)18/h5-9H,1-4H3,(H,19,20). The summed E-state index contributed by atoms with van der Waals surface area (Å²) >= 11 is 16.0. The minimum atomic E-state index is -1.02. The second kappa shape index (κ2) is 4.89. The predicted molar refractivity (Wildman–Crippen MR) is 87.0 cm³/mol. The maximum atomic E-state index is 12.5. The number of amides is 1. The number of hydrogen-bond acceptors (Lipinski definition) is 1. The van der Waals surface area contributed by atoms with Gasteiger partial charge in [0, 0.05) is 9.89 Å². The molecule has 1 aromatic rings. The Morgan fingerprint density at radius 1 is 1.20 bits per heavy atom. The zero-order valence-electron chi connectivity index (χ0n) is 11.9. The molecule has 0 aliphatic heterocycles. The van der Waals surface area contributed by atoms with Crippen LogP contribution in [0.2, 0.25) is 0 Å². The molecule has 1 amide bonds. The van der Waals surface area contributed by atoms with Crippen molar-refractivity contribution >= 4 is 45.0 Å². The lowest BCUT2D eigenvalue weighted by Crippen LogP contribution is -2.36. The highest BCUT2D eigenvalue weighted by atomic mass is 79.9. The molecular formula is C15H18BrCl2NO. The van der Waals surface area contributed by atoms with E-state index in [0.29, 0.717) is 0 Å². The Hall–Kier alpha value is -0.250. The van der Waals surface area contributed by atoms with Gasteiger partial charge in [-0.05, 0) is 31.5 Å². The summed E-state index contributed by atoms with van der Waals surface area (Å²) in [5.41, 5.74) is -0.169. The fourth-order valence-electron chi connectivity index (χ4n) is 2.57. The van der Waals surface area contributed by atoms with Gasteiger partial charge in [-0.1, -0.05) is 65.1 Å². The summed E-state index contributed by atoms with van der Waals surface area (Å²) in [7, 11) is 0. The van der Waals surface area contributed by atoms with Gasteiger partial charge < -0.3 is 5.32 Å². The molecule has 110 valence electrons. The van der Waals surface area contributed by atoms with Crippen molar-refractivity contribution in [2.75, 3.05) is 0 Å². The van der Waals surface area contributed by atoms with E-state index in [2.05, 4.69) is 21.2 Å². The van der Waals surface area contributed by atoms with Gasteiger partial charge in [0.15, 0.2) is 0 Å². The van der Waals surface area contributed by atoms with Crippen LogP contribution in [0.4, 0.5) is 0 Å². The fraction of sp³-hybridized carbons (Fsp3) is 0.533. The number of nitrogens with one attached hydrogen (secondary N) is 1. The van der Waals surface area contributed by atoms with Gasteiger partial charge in [0.2, 0.25) is 5.91 Å². The first kappa shape index (κ1) is 16.1. The van der Waals surface area contributed by atoms with Gasteiger partial charge in [-0.15, -0.1) is 0 Å². The first-order valence-electron chi connectivity index (χ1n) is 6.50. The lowest BCUT2D eigenvalue weighted by molar-refractivity contribution is -0.127. The van der Waals surface area contributed by atoms with Crippen LogP contribution in [0, 0.1) is 10.8 Å². The van der Waals surface area contributed by atoms with Crippen LogP contribution in [0.25, 0.3) is 0 Å². The first-order valence-corrected chi connectivity index (χ1v) is 8.05. The Morgan fingerprint density at radius 2 is 1.65 bits per heavy atom. The van der Waals surface area contributed by atoms with E-state index in [1.54, 1.807) is 0 Å². The van der Waals surface area contributed by atoms with Gasteiger partial charge in [0.25, 0.3) is 0 Å². The van der Waals surface area contributed by atoms with Crippen LogP contribution in [-0.4, -0.2) is 10.2 Å². The van der Waals surface area contributed by atoms with Crippen LogP contribution in [0.5, 0.6) is 0 Å². The van der Waals surface area contributed by atoms with E-state index < -0.39 is 15.2 Å². The molecule has 0 heterocycles. The van der Waals surface area contributed by atoms with Crippen LogP contribution in [0.15, 0.2) is 28.7 Å². The summed E-state index contributed by atoms with van der Waals surface area (Å²) in [5.74, 6) is -0.108. The van der Waals surface area contributed by atoms with E-state index in [9.17, 15) is 4.79 Å². The molecule has 1 fully saturated rings. The van der Waals surface area contributed by atoms with Crippen molar-refractivity contribution in [2.45, 2.75) is 38.1 Å². The van der Waals surface area contributed by atoms with Crippen LogP contribution < -0.4 is 5.32 Å². The third-order valence-corrected chi connectivity index (χ3v) is 7.00. The lowest BCUT2D eigenvalue weighted by Gasteiger charge is -2.19. The zero-order chi connectivity index (χ0) is 15.3. The van der Waals surface area contributed by atoms with E-state index in [1.807, 2.05) is 52.0 Å². The number of hydrogen-bond donors (Lipinski definition) is 1. The second-order valence-electron chi connectivity index (χ2n) is 6.07. The van der Waals surface area contributed by atoms with Gasteiger partial charge in [-0.3, -0.25) is 4.79 Å². The van der Waals surface area contributed by atoms with Crippen molar-refractivity contribution in [1.29, 1.82) is 0 Å². The Balaban J connectivity index is 2.12. The summed E-state index contributed by atoms with van der Waals surface area (Å²) in [4.78, 5) is 12.5. The SMILES string of the molecule is CC(NC(=O)C1(C)C(C)(C)C1(Cl)Cl)c1ccc(Br)cc1. The molecule has 0 radical (unpaired) electrons. The third kappa shape index (κ3) is 2.10. The topological polar surface area (TPSA) is 29.1 Å². The maximum Gasteiger partial charge on any atom is 0.230 e. The summed E-state index contributed by atoms with van der Waals surface area (Å²) in [5, 5.41) is 3.01. The van der Waals surface area contributed by atoms with E-state index in [4.69, 9.17) is 23.2 Å². The third-order valence-electron chi connectivity index (χ3n) is 4.77. The molecule has 1 N–H and O–H groups in total. The number of halogens is 3. The van der Waals surface area contributed by atoms with E-state index in [-0.39, 0.29) is 11.9 Å². The van der Waals surface area contributed by atoms with E-state index in [1.165, 1.54) is 0 Å². The Morgan fingerprint density at radius 3 is 2.05 bits per heavy atom. The highest BCUT2D eigenvalue weighted by molar-refractivity contribution is 9.10. The number of rotatable bonds is 3. The van der Waals surface area contributed by atoms with Gasteiger partial charge in [0.05, 0.1) is 11.5 Å².